The summed E-state index contributed by atoms with van der Waals surface area (Å²) in [5.41, 5.74) is 1.16. The molecule has 3 rings (SSSR count). The van der Waals surface area contributed by atoms with Crippen molar-refractivity contribution in [3.63, 3.8) is 0 Å². The number of aliphatic hydroxyl groups is 1. The average Bonchev–Trinajstić information content (AvgIpc) is 3.15. The van der Waals surface area contributed by atoms with Crippen LogP contribution >= 0.6 is 0 Å². The first-order valence-corrected chi connectivity index (χ1v) is 10.8. The number of halogens is 4. The Kier molecular flexibility index (Phi) is 7.14. The Labute approximate surface area is 200 Å². The lowest BCUT2D eigenvalue weighted by molar-refractivity contribution is -0.266. The van der Waals surface area contributed by atoms with Crippen molar-refractivity contribution < 1.29 is 32.1 Å². The monoisotopic (exact) mass is 496 g/mol. The Bertz CT molecular complexity index is 1130. The number of aromatic nitrogens is 1. The second kappa shape index (κ2) is 9.46. The van der Waals surface area contributed by atoms with Crippen LogP contribution in [-0.2, 0) is 10.3 Å². The van der Waals surface area contributed by atoms with Crippen LogP contribution in [0.5, 0.6) is 5.75 Å². The molecule has 2 heterocycles. The number of hydrogen-bond acceptors (Lipinski definition) is 7. The minimum atomic E-state index is -5.11. The third-order valence-corrected chi connectivity index (χ3v) is 5.65. The molecule has 2 aromatic rings. The molecule has 0 saturated carbocycles. The Morgan fingerprint density at radius 2 is 1.94 bits per heavy atom. The molecule has 1 aliphatic rings. The van der Waals surface area contributed by atoms with Crippen molar-refractivity contribution in [3.8, 4) is 17.0 Å². The molecule has 190 valence electrons. The minimum Gasteiger partial charge on any atom is -0.490 e. The van der Waals surface area contributed by atoms with E-state index in [0.29, 0.717) is 16.9 Å². The zero-order valence-corrected chi connectivity index (χ0v) is 19.8. The van der Waals surface area contributed by atoms with Gasteiger partial charge in [0.25, 0.3) is 0 Å². The quantitative estimate of drug-likeness (QED) is 0.305. The van der Waals surface area contributed by atoms with E-state index in [0.717, 1.165) is 0 Å². The number of nitrogens with zero attached hydrogens (tertiary/aromatic N) is 2. The fourth-order valence-corrected chi connectivity index (χ4v) is 3.61. The van der Waals surface area contributed by atoms with Gasteiger partial charge in [-0.2, -0.15) is 13.2 Å². The number of fused-ring (bicyclic) bond motifs is 1. The van der Waals surface area contributed by atoms with Gasteiger partial charge in [-0.05, 0) is 44.2 Å². The van der Waals surface area contributed by atoms with Crippen molar-refractivity contribution in [2.75, 3.05) is 20.3 Å². The maximum Gasteiger partial charge on any atom is 0.424 e. The summed E-state index contributed by atoms with van der Waals surface area (Å²) in [7, 11) is 1.30. The maximum atomic E-state index is 14.4. The second-order valence-electron chi connectivity index (χ2n) is 8.91. The Hall–Kier alpha value is -3.18. The van der Waals surface area contributed by atoms with Crippen molar-refractivity contribution in [2.24, 2.45) is 10.7 Å². The van der Waals surface area contributed by atoms with Gasteiger partial charge in [0.15, 0.2) is 0 Å². The van der Waals surface area contributed by atoms with Crippen molar-refractivity contribution in [1.82, 2.24) is 10.3 Å². The first-order chi connectivity index (χ1) is 16.2. The fraction of sp³-hybridized carbons (Fsp3) is 0.417. The number of alkyl halides is 3. The third-order valence-electron chi connectivity index (χ3n) is 5.65. The largest absolute Gasteiger partial charge is 0.490 e. The van der Waals surface area contributed by atoms with Crippen LogP contribution in [0.4, 0.5) is 17.6 Å². The van der Waals surface area contributed by atoms with Crippen molar-refractivity contribution >= 4 is 5.90 Å². The number of ether oxygens (including phenoxy) is 2. The molecule has 2 unspecified atom stereocenters. The van der Waals surface area contributed by atoms with Gasteiger partial charge < -0.3 is 20.3 Å². The van der Waals surface area contributed by atoms with Gasteiger partial charge in [0.05, 0.1) is 25.1 Å². The molecular weight excluding hydrogens is 468 g/mol. The van der Waals surface area contributed by atoms with Crippen LogP contribution in [0, 0.1) is 5.82 Å². The van der Waals surface area contributed by atoms with E-state index in [4.69, 9.17) is 15.2 Å². The molecule has 4 N–H and O–H groups in total. The van der Waals surface area contributed by atoms with Crippen LogP contribution in [0.1, 0.15) is 37.9 Å². The van der Waals surface area contributed by atoms with Crippen LogP contribution in [-0.4, -0.2) is 48.1 Å². The molecule has 1 aromatic heterocycles. The highest BCUT2D eigenvalue weighted by Crippen LogP contribution is 2.45. The number of nitrogens with one attached hydrogen (secondary N) is 1. The van der Waals surface area contributed by atoms with Crippen LogP contribution in [0.2, 0.25) is 0 Å². The first-order valence-electron chi connectivity index (χ1n) is 10.8. The van der Waals surface area contributed by atoms with E-state index in [2.05, 4.69) is 21.9 Å². The van der Waals surface area contributed by atoms with Gasteiger partial charge in [-0.3, -0.25) is 5.32 Å². The highest BCUT2D eigenvalue weighted by atomic mass is 19.4. The van der Waals surface area contributed by atoms with Gasteiger partial charge in [-0.25, -0.2) is 14.4 Å². The number of methoxy groups -OCH3 is 1. The molecule has 35 heavy (non-hydrogen) atoms. The van der Waals surface area contributed by atoms with Gasteiger partial charge in [0.2, 0.25) is 11.5 Å². The van der Waals surface area contributed by atoms with Crippen molar-refractivity contribution in [3.05, 3.63) is 59.7 Å². The number of pyridine rings is 1. The number of nitrogens with two attached hydrogens (primary N) is 1. The van der Waals surface area contributed by atoms with E-state index in [1.54, 1.807) is 6.92 Å². The van der Waals surface area contributed by atoms with E-state index in [9.17, 15) is 22.7 Å². The molecule has 0 fully saturated rings. The van der Waals surface area contributed by atoms with E-state index >= 15 is 0 Å². The molecule has 0 saturated heterocycles. The lowest BCUT2D eigenvalue weighted by Gasteiger charge is -2.34. The van der Waals surface area contributed by atoms with Crippen LogP contribution in [0.3, 0.4) is 0 Å². The summed E-state index contributed by atoms with van der Waals surface area (Å²) in [5, 5.41) is 13.7. The first kappa shape index (κ1) is 26.4. The Morgan fingerprint density at radius 3 is 2.49 bits per heavy atom. The lowest BCUT2D eigenvalue weighted by Crippen LogP contribution is -2.54. The summed E-state index contributed by atoms with van der Waals surface area (Å²) in [6, 6.07) is 6.33. The maximum absolute atomic E-state index is 14.4. The molecule has 0 bridgehead atoms. The number of rotatable bonds is 7. The second-order valence-corrected chi connectivity index (χ2v) is 8.91. The van der Waals surface area contributed by atoms with E-state index < -0.39 is 35.5 Å². The molecule has 2 atom stereocenters. The molecule has 1 aliphatic heterocycles. The molecule has 0 amide bonds. The average molecular weight is 497 g/mol. The molecule has 0 radical (unpaired) electrons. The summed E-state index contributed by atoms with van der Waals surface area (Å²) in [6.45, 7) is 7.53. The number of hydrogen-bond donors (Lipinski definition) is 3. The predicted molar refractivity (Wildman–Crippen MR) is 123 cm³/mol. The topological polar surface area (TPSA) is 102 Å². The van der Waals surface area contributed by atoms with Crippen LogP contribution in [0.25, 0.3) is 11.3 Å². The zero-order valence-electron chi connectivity index (χ0n) is 19.8. The molecule has 7 nitrogen and oxygen atoms in total. The van der Waals surface area contributed by atoms with Crippen LogP contribution < -0.4 is 15.8 Å². The molecule has 0 spiro atoms. The molecule has 1 aromatic carbocycles. The highest BCUT2D eigenvalue weighted by Gasteiger charge is 2.57. The van der Waals surface area contributed by atoms with Gasteiger partial charge in [0.1, 0.15) is 22.9 Å². The summed E-state index contributed by atoms with van der Waals surface area (Å²) in [4.78, 5) is 8.32. The van der Waals surface area contributed by atoms with E-state index in [-0.39, 0.29) is 29.8 Å². The predicted octanol–water partition coefficient (Wildman–Crippen LogP) is 3.98. The normalized spacial score (nSPS) is 18.0. The zero-order chi connectivity index (χ0) is 26.2. The van der Waals surface area contributed by atoms with Crippen molar-refractivity contribution in [2.45, 2.75) is 44.1 Å². The third kappa shape index (κ3) is 5.40. The van der Waals surface area contributed by atoms with Gasteiger partial charge in [-0.1, -0.05) is 13.5 Å². The lowest BCUT2D eigenvalue weighted by atomic mass is 9.92. The Balaban J connectivity index is 2.09. The van der Waals surface area contributed by atoms with E-state index in [1.807, 2.05) is 0 Å². The fourth-order valence-electron chi connectivity index (χ4n) is 3.61. The summed E-state index contributed by atoms with van der Waals surface area (Å²) >= 11 is 0. The Morgan fingerprint density at radius 1 is 1.31 bits per heavy atom. The number of aliphatic imine (C=N–C) groups is 1. The smallest absolute Gasteiger partial charge is 0.424 e. The highest BCUT2D eigenvalue weighted by molar-refractivity contribution is 5.92. The molecule has 0 aliphatic carbocycles. The SMILES string of the molecule is C=C(N)/C(=N\C(C)(C)NCC(O)(c1cc2c(c(-c3ccc(F)cc3)n1)OCC2C)C(F)(F)F)OC. The standard InChI is InChI=1S/C24H28F4N4O3/c1-13-11-35-20-17(13)10-18(31-19(20)15-6-8-16(25)9-7-15)23(33,24(26,27)28)12-30-22(3,4)32-21(34-5)14(2)29/h6-10,13,30,33H,2,11-12,29H2,1,3-5H3/b32-21+. The van der Waals surface area contributed by atoms with Gasteiger partial charge in [0, 0.05) is 23.6 Å². The summed E-state index contributed by atoms with van der Waals surface area (Å²) in [6.07, 6.45) is -5.11. The number of benzene rings is 1. The van der Waals surface area contributed by atoms with Crippen molar-refractivity contribution in [1.29, 1.82) is 0 Å². The summed E-state index contributed by atoms with van der Waals surface area (Å²) in [5.74, 6) is -0.498. The van der Waals surface area contributed by atoms with Gasteiger partial charge in [-0.15, -0.1) is 0 Å². The van der Waals surface area contributed by atoms with Crippen LogP contribution in [0.15, 0.2) is 47.6 Å². The van der Waals surface area contributed by atoms with Gasteiger partial charge >= 0.3 is 6.18 Å². The van der Waals surface area contributed by atoms with E-state index in [1.165, 1.54) is 51.3 Å². The molecular formula is C24H28F4N4O3. The molecule has 11 heteroatoms. The summed E-state index contributed by atoms with van der Waals surface area (Å²) < 4.78 is 67.2. The minimum absolute atomic E-state index is 0.00771.